The number of anilines is 1. The summed E-state index contributed by atoms with van der Waals surface area (Å²) in [5, 5.41) is 2.78. The van der Waals surface area contributed by atoms with Crippen molar-refractivity contribution in [3.8, 4) is 0 Å². The molecular weight excluding hydrogens is 329 g/mol. The van der Waals surface area contributed by atoms with E-state index in [1.165, 1.54) is 17.4 Å². The molecule has 0 atom stereocenters. The van der Waals surface area contributed by atoms with Gasteiger partial charge in [0.1, 0.15) is 0 Å². The van der Waals surface area contributed by atoms with Gasteiger partial charge in [-0.1, -0.05) is 15.9 Å². The van der Waals surface area contributed by atoms with E-state index in [0.717, 1.165) is 10.9 Å². The Morgan fingerprint density at radius 1 is 1.33 bits per heavy atom. The van der Waals surface area contributed by atoms with Crippen LogP contribution in [0.25, 0.3) is 0 Å². The number of thiazole rings is 1. The third-order valence-corrected chi connectivity index (χ3v) is 3.50. The summed E-state index contributed by atoms with van der Waals surface area (Å²) in [5.41, 5.74) is 1.03. The van der Waals surface area contributed by atoms with E-state index in [0.29, 0.717) is 11.0 Å². The first-order valence-corrected chi connectivity index (χ1v) is 6.62. The largest absolute Gasteiger partial charge is 0.418 e. The molecule has 0 amide bonds. The van der Waals surface area contributed by atoms with Crippen LogP contribution in [0.2, 0.25) is 0 Å². The van der Waals surface area contributed by atoms with Crippen LogP contribution < -0.4 is 5.32 Å². The van der Waals surface area contributed by atoms with Gasteiger partial charge in [0, 0.05) is 21.2 Å². The minimum absolute atomic E-state index is 0.0686. The molecule has 0 aliphatic heterocycles. The van der Waals surface area contributed by atoms with Crippen LogP contribution in [0.15, 0.2) is 34.4 Å². The van der Waals surface area contributed by atoms with E-state index in [1.54, 1.807) is 17.8 Å². The molecule has 0 fully saturated rings. The number of rotatable bonds is 3. The lowest BCUT2D eigenvalue weighted by molar-refractivity contribution is -0.137. The standard InChI is InChI=1S/C11H8BrF3N2S/c12-7-1-2-10(9(3-7)11(13,14)15)17-5-8-4-16-6-18-8/h1-4,6,17H,5H2. The van der Waals surface area contributed by atoms with Crippen LogP contribution in [0.1, 0.15) is 10.4 Å². The van der Waals surface area contributed by atoms with Crippen LogP contribution in [0.5, 0.6) is 0 Å². The van der Waals surface area contributed by atoms with E-state index in [-0.39, 0.29) is 5.69 Å². The Balaban J connectivity index is 2.22. The summed E-state index contributed by atoms with van der Waals surface area (Å²) in [7, 11) is 0. The zero-order chi connectivity index (χ0) is 13.2. The zero-order valence-electron chi connectivity index (χ0n) is 8.96. The Bertz CT molecular complexity index is 526. The van der Waals surface area contributed by atoms with E-state index < -0.39 is 11.7 Å². The Hall–Kier alpha value is -1.08. The summed E-state index contributed by atoms with van der Waals surface area (Å²) in [6, 6.07) is 4.05. The summed E-state index contributed by atoms with van der Waals surface area (Å²) in [5.74, 6) is 0. The van der Waals surface area contributed by atoms with Crippen molar-refractivity contribution in [2.24, 2.45) is 0 Å². The first kappa shape index (κ1) is 13.4. The first-order chi connectivity index (χ1) is 8.47. The van der Waals surface area contributed by atoms with E-state index in [2.05, 4.69) is 26.2 Å². The molecule has 0 saturated carbocycles. The Morgan fingerprint density at radius 2 is 2.11 bits per heavy atom. The predicted molar refractivity (Wildman–Crippen MR) is 68.6 cm³/mol. The molecule has 18 heavy (non-hydrogen) atoms. The lowest BCUT2D eigenvalue weighted by Gasteiger charge is -2.14. The number of hydrogen-bond donors (Lipinski definition) is 1. The van der Waals surface area contributed by atoms with Gasteiger partial charge in [-0.05, 0) is 18.2 Å². The smallest absolute Gasteiger partial charge is 0.380 e. The summed E-state index contributed by atoms with van der Waals surface area (Å²) >= 11 is 4.44. The molecular formula is C11H8BrF3N2S. The Kier molecular flexibility index (Phi) is 3.91. The van der Waals surface area contributed by atoms with Crippen molar-refractivity contribution in [1.82, 2.24) is 4.98 Å². The van der Waals surface area contributed by atoms with Gasteiger partial charge in [-0.3, -0.25) is 4.98 Å². The molecule has 1 aromatic carbocycles. The molecule has 0 spiro atoms. The number of alkyl halides is 3. The van der Waals surface area contributed by atoms with Crippen molar-refractivity contribution in [2.45, 2.75) is 12.7 Å². The van der Waals surface area contributed by atoms with Gasteiger partial charge >= 0.3 is 6.18 Å². The Labute approximate surface area is 114 Å². The van der Waals surface area contributed by atoms with Crippen LogP contribution in [0, 0.1) is 0 Å². The van der Waals surface area contributed by atoms with Crippen molar-refractivity contribution in [3.63, 3.8) is 0 Å². The van der Waals surface area contributed by atoms with Crippen molar-refractivity contribution < 1.29 is 13.2 Å². The first-order valence-electron chi connectivity index (χ1n) is 4.95. The molecule has 0 aliphatic carbocycles. The summed E-state index contributed by atoms with van der Waals surface area (Å²) in [4.78, 5) is 4.75. The number of benzene rings is 1. The molecule has 2 rings (SSSR count). The van der Waals surface area contributed by atoms with Crippen molar-refractivity contribution in [1.29, 1.82) is 0 Å². The average Bonchev–Trinajstić information content (AvgIpc) is 2.79. The third-order valence-electron chi connectivity index (χ3n) is 2.22. The van der Waals surface area contributed by atoms with Crippen LogP contribution >= 0.6 is 27.3 Å². The van der Waals surface area contributed by atoms with Crippen molar-refractivity contribution in [2.75, 3.05) is 5.32 Å². The maximum atomic E-state index is 12.8. The van der Waals surface area contributed by atoms with E-state index in [4.69, 9.17) is 0 Å². The molecule has 7 heteroatoms. The van der Waals surface area contributed by atoms with Gasteiger partial charge < -0.3 is 5.32 Å². The molecule has 1 aromatic heterocycles. The summed E-state index contributed by atoms with van der Waals surface area (Å²) in [6.07, 6.45) is -2.75. The predicted octanol–water partition coefficient (Wildman–Crippen LogP) is 4.54. The second-order valence-corrected chi connectivity index (χ2v) is 5.40. The van der Waals surface area contributed by atoms with E-state index >= 15 is 0 Å². The fraction of sp³-hybridized carbons (Fsp3) is 0.182. The highest BCUT2D eigenvalue weighted by atomic mass is 79.9. The normalized spacial score (nSPS) is 11.6. The Morgan fingerprint density at radius 3 is 2.72 bits per heavy atom. The maximum absolute atomic E-state index is 12.8. The monoisotopic (exact) mass is 336 g/mol. The van der Waals surface area contributed by atoms with Crippen molar-refractivity contribution >= 4 is 33.0 Å². The molecule has 0 radical (unpaired) electrons. The molecule has 96 valence electrons. The number of nitrogens with one attached hydrogen (secondary N) is 1. The number of hydrogen-bond acceptors (Lipinski definition) is 3. The molecule has 1 N–H and O–H groups in total. The van der Waals surface area contributed by atoms with Gasteiger partial charge in [-0.2, -0.15) is 13.2 Å². The third kappa shape index (κ3) is 3.23. The molecule has 0 unspecified atom stereocenters. The lowest BCUT2D eigenvalue weighted by Crippen LogP contribution is -2.10. The zero-order valence-corrected chi connectivity index (χ0v) is 11.4. The summed E-state index contributed by atoms with van der Waals surface area (Å²) in [6.45, 7) is 0.329. The van der Waals surface area contributed by atoms with Crippen LogP contribution in [-0.4, -0.2) is 4.98 Å². The minimum Gasteiger partial charge on any atom is -0.380 e. The highest BCUT2D eigenvalue weighted by Gasteiger charge is 2.33. The van der Waals surface area contributed by atoms with Gasteiger partial charge in [-0.15, -0.1) is 11.3 Å². The van der Waals surface area contributed by atoms with Crippen LogP contribution in [-0.2, 0) is 12.7 Å². The molecule has 0 bridgehead atoms. The molecule has 0 aliphatic rings. The molecule has 1 heterocycles. The number of halogens is 4. The quantitative estimate of drug-likeness (QED) is 0.890. The van der Waals surface area contributed by atoms with Crippen LogP contribution in [0.4, 0.5) is 18.9 Å². The molecule has 0 saturated heterocycles. The SMILES string of the molecule is FC(F)(F)c1cc(Br)ccc1NCc1cncs1. The van der Waals surface area contributed by atoms with E-state index in [9.17, 15) is 13.2 Å². The summed E-state index contributed by atoms with van der Waals surface area (Å²) < 4.78 is 38.9. The average molecular weight is 337 g/mol. The maximum Gasteiger partial charge on any atom is 0.418 e. The van der Waals surface area contributed by atoms with E-state index in [1.807, 2.05) is 0 Å². The van der Waals surface area contributed by atoms with Gasteiger partial charge in [0.05, 0.1) is 17.6 Å². The second-order valence-electron chi connectivity index (χ2n) is 3.51. The lowest BCUT2D eigenvalue weighted by atomic mass is 10.1. The fourth-order valence-electron chi connectivity index (χ4n) is 1.42. The minimum atomic E-state index is -4.38. The van der Waals surface area contributed by atoms with Crippen LogP contribution in [0.3, 0.4) is 0 Å². The van der Waals surface area contributed by atoms with Gasteiger partial charge in [0.15, 0.2) is 0 Å². The number of nitrogens with zero attached hydrogens (tertiary/aromatic N) is 1. The van der Waals surface area contributed by atoms with Gasteiger partial charge in [-0.25, -0.2) is 0 Å². The molecule has 2 aromatic rings. The molecule has 2 nitrogen and oxygen atoms in total. The highest BCUT2D eigenvalue weighted by molar-refractivity contribution is 9.10. The fourth-order valence-corrected chi connectivity index (χ4v) is 2.31. The van der Waals surface area contributed by atoms with Gasteiger partial charge in [0.2, 0.25) is 0 Å². The van der Waals surface area contributed by atoms with Gasteiger partial charge in [0.25, 0.3) is 0 Å². The number of aromatic nitrogens is 1. The van der Waals surface area contributed by atoms with Crippen molar-refractivity contribution in [3.05, 3.63) is 44.8 Å². The highest BCUT2D eigenvalue weighted by Crippen LogP contribution is 2.36. The topological polar surface area (TPSA) is 24.9 Å². The second kappa shape index (κ2) is 5.27.